The largest absolute Gasteiger partial charge is 0.326 e. The van der Waals surface area contributed by atoms with Crippen molar-refractivity contribution in [1.29, 1.82) is 0 Å². The molecular formula is C12H25N3. The van der Waals surface area contributed by atoms with E-state index in [1.165, 1.54) is 45.6 Å². The molecule has 88 valence electrons. The predicted octanol–water partition coefficient (Wildman–Crippen LogP) is 0.750. The van der Waals surface area contributed by atoms with E-state index in [9.17, 15) is 0 Å². The van der Waals surface area contributed by atoms with Crippen molar-refractivity contribution in [3.63, 3.8) is 0 Å². The van der Waals surface area contributed by atoms with Gasteiger partial charge in [0.15, 0.2) is 0 Å². The first-order chi connectivity index (χ1) is 7.26. The average molecular weight is 211 g/mol. The smallest absolute Gasteiger partial charge is 0.0378 e. The van der Waals surface area contributed by atoms with Gasteiger partial charge in [-0.05, 0) is 5.92 Å². The van der Waals surface area contributed by atoms with Crippen molar-refractivity contribution in [3.05, 3.63) is 0 Å². The Bertz CT molecular complexity index is 195. The maximum atomic E-state index is 6.43. The highest BCUT2D eigenvalue weighted by atomic mass is 15.3. The predicted molar refractivity (Wildman–Crippen MR) is 63.8 cm³/mol. The fourth-order valence-electron chi connectivity index (χ4n) is 3.17. The van der Waals surface area contributed by atoms with E-state index < -0.39 is 0 Å². The first kappa shape index (κ1) is 11.4. The van der Waals surface area contributed by atoms with E-state index in [-0.39, 0.29) is 0 Å². The van der Waals surface area contributed by atoms with Crippen LogP contribution in [-0.4, -0.2) is 54.6 Å². The Labute approximate surface area is 93.6 Å². The van der Waals surface area contributed by atoms with Crippen molar-refractivity contribution in [2.45, 2.75) is 38.8 Å². The first-order valence-corrected chi connectivity index (χ1v) is 6.48. The topological polar surface area (TPSA) is 32.5 Å². The summed E-state index contributed by atoms with van der Waals surface area (Å²) in [7, 11) is 0. The molecule has 3 saturated heterocycles. The van der Waals surface area contributed by atoms with Crippen LogP contribution in [0.3, 0.4) is 0 Å². The molecule has 0 aromatic carbocycles. The zero-order valence-corrected chi connectivity index (χ0v) is 10.2. The lowest BCUT2D eigenvalue weighted by atomic mass is 9.87. The molecule has 3 aliphatic heterocycles. The first-order valence-electron chi connectivity index (χ1n) is 6.48. The van der Waals surface area contributed by atoms with Crippen LogP contribution in [0, 0.1) is 5.92 Å². The summed E-state index contributed by atoms with van der Waals surface area (Å²) >= 11 is 0. The molecule has 3 nitrogen and oxygen atoms in total. The molecular weight excluding hydrogens is 186 g/mol. The van der Waals surface area contributed by atoms with Crippen molar-refractivity contribution in [2.24, 2.45) is 11.7 Å². The van der Waals surface area contributed by atoms with E-state index in [4.69, 9.17) is 5.73 Å². The number of nitrogens with zero attached hydrogens (tertiary/aromatic N) is 2. The Kier molecular flexibility index (Phi) is 3.65. The van der Waals surface area contributed by atoms with Gasteiger partial charge in [-0.2, -0.15) is 0 Å². The van der Waals surface area contributed by atoms with Crippen LogP contribution in [0.5, 0.6) is 0 Å². The van der Waals surface area contributed by atoms with Crippen molar-refractivity contribution in [1.82, 2.24) is 9.80 Å². The molecule has 0 saturated carbocycles. The summed E-state index contributed by atoms with van der Waals surface area (Å²) in [6, 6.07) is 1.00. The molecule has 3 aliphatic rings. The number of rotatable bonds is 4. The minimum atomic E-state index is 0.378. The molecule has 3 rings (SSSR count). The lowest BCUT2D eigenvalue weighted by molar-refractivity contribution is -0.00674. The third-order valence-electron chi connectivity index (χ3n) is 4.36. The minimum Gasteiger partial charge on any atom is -0.326 e. The molecule has 2 N–H and O–H groups in total. The standard InChI is InChI=1S/C12H25N3/c1-3-10(4-2)12(13)11-9-14-5-7-15(11)8-6-14/h10-12H,3-9,13H2,1-2H3. The summed E-state index contributed by atoms with van der Waals surface area (Å²) in [5, 5.41) is 0. The van der Waals surface area contributed by atoms with Crippen molar-refractivity contribution >= 4 is 0 Å². The number of piperazine rings is 3. The van der Waals surface area contributed by atoms with Crippen LogP contribution in [-0.2, 0) is 0 Å². The van der Waals surface area contributed by atoms with Gasteiger partial charge in [-0.25, -0.2) is 0 Å². The van der Waals surface area contributed by atoms with Gasteiger partial charge in [-0.15, -0.1) is 0 Å². The van der Waals surface area contributed by atoms with E-state index >= 15 is 0 Å². The van der Waals surface area contributed by atoms with Crippen molar-refractivity contribution in [3.8, 4) is 0 Å². The van der Waals surface area contributed by atoms with Gasteiger partial charge < -0.3 is 5.73 Å². The maximum absolute atomic E-state index is 6.43. The molecule has 0 amide bonds. The lowest BCUT2D eigenvalue weighted by Gasteiger charge is -2.50. The van der Waals surface area contributed by atoms with E-state index in [1.807, 2.05) is 0 Å². The van der Waals surface area contributed by atoms with Gasteiger partial charge in [0.1, 0.15) is 0 Å². The number of fused-ring (bicyclic) bond motifs is 3. The molecule has 2 unspecified atom stereocenters. The Morgan fingerprint density at radius 2 is 1.73 bits per heavy atom. The quantitative estimate of drug-likeness (QED) is 0.745. The zero-order chi connectivity index (χ0) is 10.8. The summed E-state index contributed by atoms with van der Waals surface area (Å²) in [6.07, 6.45) is 2.45. The highest BCUT2D eigenvalue weighted by Gasteiger charge is 2.37. The van der Waals surface area contributed by atoms with Crippen LogP contribution in [0.15, 0.2) is 0 Å². The summed E-state index contributed by atoms with van der Waals surface area (Å²) in [6.45, 7) is 10.7. The van der Waals surface area contributed by atoms with Crippen LogP contribution in [0.25, 0.3) is 0 Å². The van der Waals surface area contributed by atoms with Crippen LogP contribution in [0.1, 0.15) is 26.7 Å². The van der Waals surface area contributed by atoms with Gasteiger partial charge in [0.25, 0.3) is 0 Å². The molecule has 2 atom stereocenters. The van der Waals surface area contributed by atoms with Gasteiger partial charge in [0.2, 0.25) is 0 Å². The summed E-state index contributed by atoms with van der Waals surface area (Å²) in [5.41, 5.74) is 6.43. The Morgan fingerprint density at radius 1 is 1.13 bits per heavy atom. The maximum Gasteiger partial charge on any atom is 0.0378 e. The molecule has 0 radical (unpaired) electrons. The molecule has 0 aromatic heterocycles. The van der Waals surface area contributed by atoms with E-state index in [0.29, 0.717) is 18.0 Å². The molecule has 3 heteroatoms. The van der Waals surface area contributed by atoms with E-state index in [1.54, 1.807) is 0 Å². The molecule has 3 fully saturated rings. The summed E-state index contributed by atoms with van der Waals surface area (Å²) in [4.78, 5) is 5.19. The Morgan fingerprint density at radius 3 is 2.13 bits per heavy atom. The molecule has 15 heavy (non-hydrogen) atoms. The van der Waals surface area contributed by atoms with E-state index in [0.717, 1.165) is 0 Å². The van der Waals surface area contributed by atoms with Crippen LogP contribution in [0.2, 0.25) is 0 Å². The molecule has 0 spiro atoms. The summed E-state index contributed by atoms with van der Waals surface area (Å²) < 4.78 is 0. The number of hydrogen-bond donors (Lipinski definition) is 1. The van der Waals surface area contributed by atoms with Gasteiger partial charge in [-0.1, -0.05) is 26.7 Å². The number of hydrogen-bond acceptors (Lipinski definition) is 3. The van der Waals surface area contributed by atoms with Crippen LogP contribution < -0.4 is 5.73 Å². The van der Waals surface area contributed by atoms with Gasteiger partial charge in [0, 0.05) is 44.8 Å². The third-order valence-corrected chi connectivity index (χ3v) is 4.36. The monoisotopic (exact) mass is 211 g/mol. The van der Waals surface area contributed by atoms with Crippen LogP contribution in [0.4, 0.5) is 0 Å². The second-order valence-electron chi connectivity index (χ2n) is 5.06. The fourth-order valence-corrected chi connectivity index (χ4v) is 3.17. The van der Waals surface area contributed by atoms with Crippen molar-refractivity contribution < 1.29 is 0 Å². The fraction of sp³-hybridized carbons (Fsp3) is 1.00. The molecule has 2 bridgehead atoms. The average Bonchev–Trinajstić information content (AvgIpc) is 2.32. The zero-order valence-electron chi connectivity index (χ0n) is 10.2. The Balaban J connectivity index is 1.97. The van der Waals surface area contributed by atoms with Gasteiger partial charge in [-0.3, -0.25) is 9.80 Å². The SMILES string of the molecule is CCC(CC)C(N)C1CN2CCN1CC2. The normalized spacial score (nSPS) is 37.2. The highest BCUT2D eigenvalue weighted by molar-refractivity contribution is 4.95. The third kappa shape index (κ3) is 2.19. The number of nitrogens with two attached hydrogens (primary N) is 1. The second-order valence-corrected chi connectivity index (χ2v) is 5.06. The molecule has 0 aliphatic carbocycles. The lowest BCUT2D eigenvalue weighted by Crippen LogP contribution is -2.66. The van der Waals surface area contributed by atoms with Gasteiger partial charge in [0.05, 0.1) is 0 Å². The highest BCUT2D eigenvalue weighted by Crippen LogP contribution is 2.23. The second kappa shape index (κ2) is 4.81. The van der Waals surface area contributed by atoms with E-state index in [2.05, 4.69) is 23.6 Å². The van der Waals surface area contributed by atoms with Crippen LogP contribution >= 0.6 is 0 Å². The summed E-state index contributed by atoms with van der Waals surface area (Å²) in [5.74, 6) is 0.704. The molecule has 3 heterocycles. The minimum absolute atomic E-state index is 0.378. The Hall–Kier alpha value is -0.120. The molecule has 0 aromatic rings. The van der Waals surface area contributed by atoms with Gasteiger partial charge >= 0.3 is 0 Å². The van der Waals surface area contributed by atoms with Crippen molar-refractivity contribution in [2.75, 3.05) is 32.7 Å².